The highest BCUT2D eigenvalue weighted by atomic mass is 35.5. The molecule has 2 aromatic rings. The fourth-order valence-electron chi connectivity index (χ4n) is 3.27. The van der Waals surface area contributed by atoms with Gasteiger partial charge in [0.15, 0.2) is 0 Å². The predicted octanol–water partition coefficient (Wildman–Crippen LogP) is 3.64. The van der Waals surface area contributed by atoms with Crippen molar-refractivity contribution in [2.45, 2.75) is 25.9 Å². The lowest BCUT2D eigenvalue weighted by atomic mass is 9.99. The maximum absolute atomic E-state index is 13.4. The summed E-state index contributed by atoms with van der Waals surface area (Å²) in [4.78, 5) is 27.1. The summed E-state index contributed by atoms with van der Waals surface area (Å²) in [7, 11) is 1.74. The van der Waals surface area contributed by atoms with E-state index in [1.807, 2.05) is 18.2 Å². The van der Waals surface area contributed by atoms with Crippen LogP contribution in [0.3, 0.4) is 0 Å². The number of fused-ring (bicyclic) bond motifs is 1. The van der Waals surface area contributed by atoms with E-state index in [4.69, 9.17) is 11.6 Å². The third kappa shape index (κ3) is 4.45. The van der Waals surface area contributed by atoms with Gasteiger partial charge in [0.25, 0.3) is 0 Å². The third-order valence-electron chi connectivity index (χ3n) is 4.62. The first-order valence-electron chi connectivity index (χ1n) is 8.54. The van der Waals surface area contributed by atoms with E-state index in [0.29, 0.717) is 18.4 Å². The molecule has 0 radical (unpaired) electrons. The van der Waals surface area contributed by atoms with E-state index in [2.05, 4.69) is 0 Å². The number of hydrogen-bond acceptors (Lipinski definition) is 2. The van der Waals surface area contributed by atoms with E-state index in [1.165, 1.54) is 17.0 Å². The number of anilines is 1. The van der Waals surface area contributed by atoms with Crippen molar-refractivity contribution in [3.63, 3.8) is 0 Å². The van der Waals surface area contributed by atoms with Crippen LogP contribution in [-0.4, -0.2) is 29.6 Å². The van der Waals surface area contributed by atoms with Crippen LogP contribution in [0.15, 0.2) is 36.4 Å². The molecule has 1 aliphatic rings. The lowest BCUT2D eigenvalue weighted by Gasteiger charge is -2.27. The Kier molecular flexibility index (Phi) is 5.75. The van der Waals surface area contributed by atoms with Gasteiger partial charge in [-0.3, -0.25) is 9.59 Å². The summed E-state index contributed by atoms with van der Waals surface area (Å²) in [6, 6.07) is 8.84. The number of nitrogens with zero attached hydrogens (tertiary/aromatic N) is 2. The van der Waals surface area contributed by atoms with Gasteiger partial charge in [0.05, 0.1) is 0 Å². The van der Waals surface area contributed by atoms with E-state index >= 15 is 0 Å². The molecule has 0 unspecified atom stereocenters. The second-order valence-electron chi connectivity index (χ2n) is 6.58. The average Bonchev–Trinajstić information content (AvgIpc) is 2.63. The Hall–Kier alpha value is -2.47. The molecular formula is C20H19ClF2N2O2. The van der Waals surface area contributed by atoms with Crippen LogP contribution in [0, 0.1) is 11.6 Å². The van der Waals surface area contributed by atoms with Gasteiger partial charge in [-0.15, -0.1) is 11.6 Å². The highest BCUT2D eigenvalue weighted by Gasteiger charge is 2.22. The summed E-state index contributed by atoms with van der Waals surface area (Å²) in [6.45, 7) is 0.310. The molecule has 3 rings (SSSR count). The number of alkyl halides is 1. The Balaban J connectivity index is 1.83. The minimum absolute atomic E-state index is 0.0513. The van der Waals surface area contributed by atoms with E-state index in [9.17, 15) is 18.4 Å². The van der Waals surface area contributed by atoms with Crippen molar-refractivity contribution in [3.05, 3.63) is 64.7 Å². The molecule has 0 aliphatic carbocycles. The molecule has 0 saturated carbocycles. The molecule has 0 saturated heterocycles. The van der Waals surface area contributed by atoms with Crippen molar-refractivity contribution in [2.24, 2.45) is 0 Å². The quantitative estimate of drug-likeness (QED) is 0.729. The summed E-state index contributed by atoms with van der Waals surface area (Å²) >= 11 is 5.71. The van der Waals surface area contributed by atoms with Gasteiger partial charge >= 0.3 is 0 Å². The fourth-order valence-corrected chi connectivity index (χ4v) is 3.44. The van der Waals surface area contributed by atoms with Gasteiger partial charge in [-0.25, -0.2) is 8.78 Å². The van der Waals surface area contributed by atoms with Gasteiger partial charge < -0.3 is 9.80 Å². The minimum Gasteiger partial charge on any atom is -0.333 e. The van der Waals surface area contributed by atoms with Gasteiger partial charge in [-0.2, -0.15) is 0 Å². The zero-order valence-electron chi connectivity index (χ0n) is 14.8. The van der Waals surface area contributed by atoms with Crippen molar-refractivity contribution >= 4 is 29.1 Å². The van der Waals surface area contributed by atoms with E-state index in [-0.39, 0.29) is 30.8 Å². The second kappa shape index (κ2) is 8.05. The summed E-state index contributed by atoms with van der Waals surface area (Å²) in [6.07, 6.45) is 1.09. The third-order valence-corrected chi connectivity index (χ3v) is 4.85. The molecule has 27 heavy (non-hydrogen) atoms. The van der Waals surface area contributed by atoms with Crippen molar-refractivity contribution < 1.29 is 18.4 Å². The number of aryl methyl sites for hydroxylation is 1. The lowest BCUT2D eigenvalue weighted by Crippen LogP contribution is -2.32. The smallest absolute Gasteiger partial charge is 0.238 e. The molecule has 2 amide bonds. The van der Waals surface area contributed by atoms with Crippen molar-refractivity contribution in [2.75, 3.05) is 17.8 Å². The Labute approximate surface area is 161 Å². The van der Waals surface area contributed by atoms with Crippen LogP contribution in [0.2, 0.25) is 0 Å². The molecule has 4 nitrogen and oxygen atoms in total. The van der Waals surface area contributed by atoms with Crippen molar-refractivity contribution in [1.82, 2.24) is 4.90 Å². The van der Waals surface area contributed by atoms with Gasteiger partial charge in [0.1, 0.15) is 17.5 Å². The molecule has 0 fully saturated rings. The molecule has 0 N–H and O–H groups in total. The number of carbonyl (C=O) groups is 2. The molecule has 0 atom stereocenters. The largest absolute Gasteiger partial charge is 0.333 e. The summed E-state index contributed by atoms with van der Waals surface area (Å²) in [5, 5.41) is 0. The van der Waals surface area contributed by atoms with Crippen LogP contribution >= 0.6 is 11.6 Å². The Morgan fingerprint density at radius 3 is 2.41 bits per heavy atom. The zero-order valence-corrected chi connectivity index (χ0v) is 15.6. The number of carbonyl (C=O) groups excluding carboxylic acids is 2. The molecule has 7 heteroatoms. The van der Waals surface area contributed by atoms with E-state index < -0.39 is 11.6 Å². The molecular weight excluding hydrogens is 374 g/mol. The first-order chi connectivity index (χ1) is 12.9. The van der Waals surface area contributed by atoms with Gasteiger partial charge in [0, 0.05) is 38.3 Å². The molecule has 0 spiro atoms. The first-order valence-corrected chi connectivity index (χ1v) is 9.08. The summed E-state index contributed by atoms with van der Waals surface area (Å²) in [5.41, 5.74) is 3.11. The Bertz CT molecular complexity index is 868. The normalized spacial score (nSPS) is 13.5. The molecule has 142 valence electrons. The van der Waals surface area contributed by atoms with Gasteiger partial charge in [-0.1, -0.05) is 12.1 Å². The summed E-state index contributed by atoms with van der Waals surface area (Å²) in [5.74, 6) is -1.86. The Morgan fingerprint density at radius 2 is 1.74 bits per heavy atom. The fraction of sp³-hybridized carbons (Fsp3) is 0.300. The first kappa shape index (κ1) is 19.3. The number of rotatable bonds is 5. The number of benzene rings is 2. The lowest BCUT2D eigenvalue weighted by molar-refractivity contribution is -0.129. The molecule has 1 aliphatic heterocycles. The van der Waals surface area contributed by atoms with Crippen molar-refractivity contribution in [1.29, 1.82) is 0 Å². The molecule has 1 heterocycles. The number of halogens is 3. The van der Waals surface area contributed by atoms with Crippen molar-refractivity contribution in [3.8, 4) is 0 Å². The highest BCUT2D eigenvalue weighted by Crippen LogP contribution is 2.28. The topological polar surface area (TPSA) is 40.6 Å². The van der Waals surface area contributed by atoms with E-state index in [1.54, 1.807) is 11.9 Å². The summed E-state index contributed by atoms with van der Waals surface area (Å²) < 4.78 is 26.9. The van der Waals surface area contributed by atoms with Crippen LogP contribution < -0.4 is 4.90 Å². The van der Waals surface area contributed by atoms with E-state index in [0.717, 1.165) is 22.9 Å². The maximum Gasteiger partial charge on any atom is 0.238 e. The number of amides is 2. The molecule has 2 aromatic carbocycles. The average molecular weight is 393 g/mol. The maximum atomic E-state index is 13.4. The second-order valence-corrected chi connectivity index (χ2v) is 6.84. The highest BCUT2D eigenvalue weighted by molar-refractivity contribution is 6.27. The Morgan fingerprint density at radius 1 is 1.07 bits per heavy atom. The van der Waals surface area contributed by atoms with Gasteiger partial charge in [-0.05, 0) is 41.3 Å². The zero-order chi connectivity index (χ0) is 19.6. The predicted molar refractivity (Wildman–Crippen MR) is 99.5 cm³/mol. The molecule has 0 bridgehead atoms. The molecule has 0 aromatic heterocycles. The monoisotopic (exact) mass is 392 g/mol. The van der Waals surface area contributed by atoms with Crippen LogP contribution in [0.1, 0.15) is 23.1 Å². The van der Waals surface area contributed by atoms with Crippen LogP contribution in [0.4, 0.5) is 14.5 Å². The SMILES string of the molecule is CN1C(=O)CCc2cc(CN(Cc3cc(F)cc(F)c3)C(=O)CCl)ccc21. The number of hydrogen-bond donors (Lipinski definition) is 0. The standard InChI is InChI=1S/C20H19ClF2N2O2/c1-24-18-4-2-13(6-15(18)3-5-19(24)26)11-25(20(27)10-21)12-14-7-16(22)9-17(23)8-14/h2,4,6-9H,3,5,10-12H2,1H3. The van der Waals surface area contributed by atoms with Crippen LogP contribution in [0.25, 0.3) is 0 Å². The minimum atomic E-state index is -0.690. The van der Waals surface area contributed by atoms with Crippen LogP contribution in [0.5, 0.6) is 0 Å². The van der Waals surface area contributed by atoms with Gasteiger partial charge in [0.2, 0.25) is 11.8 Å². The van der Waals surface area contributed by atoms with Crippen LogP contribution in [-0.2, 0) is 29.1 Å².